The topological polar surface area (TPSA) is 32.7 Å². The maximum atomic E-state index is 12.4. The van der Waals surface area contributed by atoms with Gasteiger partial charge in [-0.15, -0.1) is 0 Å². The maximum absolute atomic E-state index is 12.4. The van der Waals surface area contributed by atoms with Gasteiger partial charge in [-0.2, -0.15) is 0 Å². The molecule has 84 valence electrons. The third-order valence-electron chi connectivity index (χ3n) is 3.99. The lowest BCUT2D eigenvalue weighted by Gasteiger charge is -2.45. The SMILES string of the molecule is O=C1C2C=NC=C2C2C=CC=C3CC=CN1C32. The number of fused-ring (bicyclic) bond motifs is 2. The van der Waals surface area contributed by atoms with Crippen molar-refractivity contribution in [3.05, 3.63) is 47.9 Å². The summed E-state index contributed by atoms with van der Waals surface area (Å²) in [6, 6.07) is 0.196. The van der Waals surface area contributed by atoms with E-state index in [1.54, 1.807) is 6.21 Å². The van der Waals surface area contributed by atoms with Crippen LogP contribution in [0.25, 0.3) is 0 Å². The molecule has 4 aliphatic rings. The van der Waals surface area contributed by atoms with Crippen LogP contribution in [0.3, 0.4) is 0 Å². The lowest BCUT2D eigenvalue weighted by atomic mass is 9.73. The largest absolute Gasteiger partial charge is 0.310 e. The zero-order valence-corrected chi connectivity index (χ0v) is 9.28. The average molecular weight is 224 g/mol. The highest BCUT2D eigenvalue weighted by Crippen LogP contribution is 2.43. The molecule has 3 nitrogen and oxygen atoms in total. The Balaban J connectivity index is 1.89. The van der Waals surface area contributed by atoms with Crippen molar-refractivity contribution in [3.63, 3.8) is 0 Å². The van der Waals surface area contributed by atoms with Crippen LogP contribution in [0.4, 0.5) is 0 Å². The van der Waals surface area contributed by atoms with Crippen molar-refractivity contribution < 1.29 is 4.79 Å². The summed E-state index contributed by atoms with van der Waals surface area (Å²) in [5.74, 6) is 0.337. The molecule has 0 N–H and O–H groups in total. The molecule has 3 unspecified atom stereocenters. The molecule has 0 aromatic rings. The quantitative estimate of drug-likeness (QED) is 0.617. The van der Waals surface area contributed by atoms with Crippen molar-refractivity contribution in [2.45, 2.75) is 12.5 Å². The molecule has 0 spiro atoms. The van der Waals surface area contributed by atoms with Crippen LogP contribution in [0.15, 0.2) is 52.8 Å². The molecule has 1 fully saturated rings. The van der Waals surface area contributed by atoms with Gasteiger partial charge in [0.05, 0.1) is 12.0 Å². The Kier molecular flexibility index (Phi) is 1.65. The third-order valence-corrected chi connectivity index (χ3v) is 3.99. The van der Waals surface area contributed by atoms with E-state index in [1.807, 2.05) is 17.3 Å². The number of hydrogen-bond acceptors (Lipinski definition) is 2. The van der Waals surface area contributed by atoms with Crippen LogP contribution in [0.5, 0.6) is 0 Å². The van der Waals surface area contributed by atoms with Gasteiger partial charge < -0.3 is 4.90 Å². The fourth-order valence-corrected chi connectivity index (χ4v) is 3.21. The molecule has 0 aromatic heterocycles. The highest BCUT2D eigenvalue weighted by atomic mass is 16.2. The van der Waals surface area contributed by atoms with E-state index >= 15 is 0 Å². The minimum absolute atomic E-state index is 0.136. The standard InChI is InChI=1S/C14H12N2O/c17-14-12-8-15-7-11(12)10-5-1-3-9-4-2-6-16(14)13(9)10/h1-3,5-8,10,12-13H,4H2. The molecule has 3 heteroatoms. The molecular formula is C14H12N2O. The molecule has 17 heavy (non-hydrogen) atoms. The van der Waals surface area contributed by atoms with Gasteiger partial charge in [0.25, 0.3) is 0 Å². The Morgan fingerprint density at radius 1 is 1.41 bits per heavy atom. The van der Waals surface area contributed by atoms with Crippen LogP contribution in [-0.4, -0.2) is 23.1 Å². The number of piperidine rings is 1. The smallest absolute Gasteiger partial charge is 0.239 e. The lowest BCUT2D eigenvalue weighted by molar-refractivity contribution is -0.133. The summed E-state index contributed by atoms with van der Waals surface area (Å²) in [6.45, 7) is 0. The normalized spacial score (nSPS) is 36.6. The maximum Gasteiger partial charge on any atom is 0.239 e. The van der Waals surface area contributed by atoms with Gasteiger partial charge in [0.2, 0.25) is 5.91 Å². The number of carbonyl (C=O) groups is 1. The average Bonchev–Trinajstić information content (AvgIpc) is 2.85. The van der Waals surface area contributed by atoms with E-state index in [-0.39, 0.29) is 17.9 Å². The molecule has 0 bridgehead atoms. The van der Waals surface area contributed by atoms with Gasteiger partial charge in [0, 0.05) is 24.5 Å². The zero-order valence-electron chi connectivity index (χ0n) is 9.28. The van der Waals surface area contributed by atoms with Gasteiger partial charge in [0.15, 0.2) is 0 Å². The number of aliphatic imine (C=N–C) groups is 1. The van der Waals surface area contributed by atoms with Crippen LogP contribution in [-0.2, 0) is 4.79 Å². The first-order chi connectivity index (χ1) is 8.36. The molecular weight excluding hydrogens is 212 g/mol. The molecule has 0 radical (unpaired) electrons. The summed E-state index contributed by atoms with van der Waals surface area (Å²) in [4.78, 5) is 18.4. The summed E-state index contributed by atoms with van der Waals surface area (Å²) < 4.78 is 0. The second-order valence-corrected chi connectivity index (χ2v) is 4.84. The lowest BCUT2D eigenvalue weighted by Crippen LogP contribution is -2.52. The summed E-state index contributed by atoms with van der Waals surface area (Å²) >= 11 is 0. The molecule has 4 rings (SSSR count). The van der Waals surface area contributed by atoms with Crippen LogP contribution in [0.2, 0.25) is 0 Å². The van der Waals surface area contributed by atoms with Gasteiger partial charge in [-0.05, 0) is 17.6 Å². The predicted molar refractivity (Wildman–Crippen MR) is 65.2 cm³/mol. The fraction of sp³-hybridized carbons (Fsp3) is 0.286. The molecule has 1 amide bonds. The monoisotopic (exact) mass is 224 g/mol. The van der Waals surface area contributed by atoms with E-state index < -0.39 is 0 Å². The van der Waals surface area contributed by atoms with E-state index in [1.165, 1.54) is 5.57 Å². The van der Waals surface area contributed by atoms with E-state index in [9.17, 15) is 4.79 Å². The van der Waals surface area contributed by atoms with Crippen LogP contribution in [0, 0.1) is 11.8 Å². The number of rotatable bonds is 0. The van der Waals surface area contributed by atoms with E-state index in [0.717, 1.165) is 12.0 Å². The van der Waals surface area contributed by atoms with Gasteiger partial charge >= 0.3 is 0 Å². The highest BCUT2D eigenvalue weighted by Gasteiger charge is 2.46. The van der Waals surface area contributed by atoms with Crippen molar-refractivity contribution in [2.75, 3.05) is 0 Å². The first-order valence-electron chi connectivity index (χ1n) is 5.95. The van der Waals surface area contributed by atoms with Gasteiger partial charge in [-0.3, -0.25) is 9.79 Å². The van der Waals surface area contributed by atoms with Crippen LogP contribution < -0.4 is 0 Å². The predicted octanol–water partition coefficient (Wildman–Crippen LogP) is 1.81. The number of hydrogen-bond donors (Lipinski definition) is 0. The molecule has 1 saturated heterocycles. The molecule has 3 atom stereocenters. The van der Waals surface area contributed by atoms with Gasteiger partial charge in [-0.1, -0.05) is 24.3 Å². The van der Waals surface area contributed by atoms with Crippen LogP contribution >= 0.6 is 0 Å². The number of amides is 1. The summed E-state index contributed by atoms with van der Waals surface area (Å²) in [6.07, 6.45) is 15.0. The fourth-order valence-electron chi connectivity index (χ4n) is 3.21. The first kappa shape index (κ1) is 9.16. The number of allylic oxidation sites excluding steroid dienone is 3. The van der Waals surface area contributed by atoms with Crippen molar-refractivity contribution in [1.29, 1.82) is 0 Å². The zero-order chi connectivity index (χ0) is 11.4. The minimum Gasteiger partial charge on any atom is -0.310 e. The van der Waals surface area contributed by atoms with Crippen LogP contribution in [0.1, 0.15) is 6.42 Å². The van der Waals surface area contributed by atoms with E-state index in [0.29, 0.717) is 5.92 Å². The Morgan fingerprint density at radius 3 is 3.29 bits per heavy atom. The summed E-state index contributed by atoms with van der Waals surface area (Å²) in [7, 11) is 0. The van der Waals surface area contributed by atoms with Gasteiger partial charge in [-0.25, -0.2) is 0 Å². The molecule has 1 aliphatic carbocycles. The molecule has 0 saturated carbocycles. The molecule has 3 heterocycles. The van der Waals surface area contributed by atoms with Crippen molar-refractivity contribution >= 4 is 12.1 Å². The second-order valence-electron chi connectivity index (χ2n) is 4.84. The Labute approximate surface area is 99.5 Å². The Hall–Kier alpha value is -1.90. The Morgan fingerprint density at radius 2 is 2.35 bits per heavy atom. The van der Waals surface area contributed by atoms with Crippen molar-refractivity contribution in [1.82, 2.24) is 4.90 Å². The number of nitrogens with zero attached hydrogens (tertiary/aromatic N) is 2. The Bertz CT molecular complexity index is 551. The third kappa shape index (κ3) is 1.06. The van der Waals surface area contributed by atoms with Crippen molar-refractivity contribution in [2.24, 2.45) is 16.8 Å². The minimum atomic E-state index is -0.136. The highest BCUT2D eigenvalue weighted by molar-refractivity contribution is 6.00. The first-order valence-corrected chi connectivity index (χ1v) is 5.95. The summed E-state index contributed by atoms with van der Waals surface area (Å²) in [5.41, 5.74) is 2.49. The molecule has 0 aromatic carbocycles. The van der Waals surface area contributed by atoms with Gasteiger partial charge in [0.1, 0.15) is 0 Å². The van der Waals surface area contributed by atoms with E-state index in [4.69, 9.17) is 0 Å². The summed E-state index contributed by atoms with van der Waals surface area (Å²) in [5, 5.41) is 0. The molecule has 3 aliphatic heterocycles. The second kappa shape index (κ2) is 3.06. The number of carbonyl (C=O) groups excluding carboxylic acids is 1. The van der Waals surface area contributed by atoms with Crippen molar-refractivity contribution in [3.8, 4) is 0 Å². The van der Waals surface area contributed by atoms with E-state index in [2.05, 4.69) is 29.3 Å².